The molecule has 4 fully saturated rings. The number of rotatable bonds is 4. The number of hydrogen-bond donors (Lipinski definition) is 2. The lowest BCUT2D eigenvalue weighted by Gasteiger charge is -2.61. The minimum absolute atomic E-state index is 0.0288. The molecule has 0 aliphatic heterocycles. The van der Waals surface area contributed by atoms with Crippen molar-refractivity contribution in [2.24, 2.45) is 17.6 Å². The Morgan fingerprint density at radius 3 is 2.78 bits per heavy atom. The normalized spacial score (nSPS) is 37.7. The minimum Gasteiger partial charge on any atom is -0.478 e. The Morgan fingerprint density at radius 1 is 1.39 bits per heavy atom. The first-order valence-electron chi connectivity index (χ1n) is 8.69. The van der Waals surface area contributed by atoms with Crippen LogP contribution in [-0.4, -0.2) is 28.6 Å². The monoisotopic (exact) mass is 315 g/mol. The van der Waals surface area contributed by atoms with Crippen molar-refractivity contribution >= 4 is 5.91 Å². The van der Waals surface area contributed by atoms with Crippen molar-refractivity contribution in [3.63, 3.8) is 0 Å². The Bertz CT molecular complexity index is 616. The van der Waals surface area contributed by atoms with Crippen LogP contribution >= 0.6 is 0 Å². The van der Waals surface area contributed by atoms with Gasteiger partial charge >= 0.3 is 0 Å². The number of nitrogens with two attached hydrogens (primary N) is 1. The molecule has 3 N–H and O–H groups in total. The highest BCUT2D eigenvalue weighted by molar-refractivity contribution is 5.95. The van der Waals surface area contributed by atoms with E-state index in [0.29, 0.717) is 29.9 Å². The third-order valence-corrected chi connectivity index (χ3v) is 5.77. The van der Waals surface area contributed by atoms with E-state index >= 15 is 0 Å². The van der Waals surface area contributed by atoms with Crippen LogP contribution < -0.4 is 15.8 Å². The molecule has 0 radical (unpaired) electrons. The SMILES string of the molecule is CCOc1cc(C(=O)NC23CC4CC(CC(N)(C4)C2)C3)ccn1. The Kier molecular flexibility index (Phi) is 3.38. The van der Waals surface area contributed by atoms with Crippen molar-refractivity contribution in [3.05, 3.63) is 23.9 Å². The average molecular weight is 315 g/mol. The summed E-state index contributed by atoms with van der Waals surface area (Å²) in [6.45, 7) is 2.45. The van der Waals surface area contributed by atoms with E-state index in [1.54, 1.807) is 18.3 Å². The Hall–Kier alpha value is -1.62. The predicted molar refractivity (Wildman–Crippen MR) is 87.2 cm³/mol. The zero-order valence-electron chi connectivity index (χ0n) is 13.7. The van der Waals surface area contributed by atoms with Crippen molar-refractivity contribution in [2.75, 3.05) is 6.61 Å². The molecule has 0 aromatic carbocycles. The molecule has 2 unspecified atom stereocenters. The molecule has 1 aromatic rings. The molecule has 1 heterocycles. The number of aromatic nitrogens is 1. The lowest BCUT2D eigenvalue weighted by molar-refractivity contribution is -0.0321. The van der Waals surface area contributed by atoms with Crippen LogP contribution in [0.4, 0.5) is 0 Å². The molecule has 5 rings (SSSR count). The second-order valence-electron chi connectivity index (χ2n) is 7.87. The summed E-state index contributed by atoms with van der Waals surface area (Å²) in [5.41, 5.74) is 7.05. The van der Waals surface area contributed by atoms with Crippen molar-refractivity contribution in [1.82, 2.24) is 10.3 Å². The van der Waals surface area contributed by atoms with E-state index in [4.69, 9.17) is 10.5 Å². The summed E-state index contributed by atoms with van der Waals surface area (Å²) in [4.78, 5) is 16.9. The number of hydrogen-bond acceptors (Lipinski definition) is 4. The van der Waals surface area contributed by atoms with Crippen molar-refractivity contribution in [3.8, 4) is 5.88 Å². The van der Waals surface area contributed by atoms with Crippen LogP contribution in [0.1, 0.15) is 55.8 Å². The standard InChI is InChI=1S/C18H25N3O2/c1-2-23-15-6-14(3-4-20-15)16(22)21-18-9-12-5-13(10-18)8-17(19,7-12)11-18/h3-4,6,12-13H,2,5,7-11,19H2,1H3,(H,21,22). The van der Waals surface area contributed by atoms with E-state index in [1.807, 2.05) is 6.92 Å². The first-order valence-corrected chi connectivity index (χ1v) is 8.69. The van der Waals surface area contributed by atoms with Crippen LogP contribution in [0.15, 0.2) is 18.3 Å². The summed E-state index contributed by atoms with van der Waals surface area (Å²) in [6.07, 6.45) is 8.26. The first kappa shape index (κ1) is 14.9. The summed E-state index contributed by atoms with van der Waals surface area (Å²) in [5, 5.41) is 3.33. The lowest BCUT2D eigenvalue weighted by atomic mass is 9.50. The molecule has 1 amide bonds. The Morgan fingerprint density at radius 2 is 2.13 bits per heavy atom. The van der Waals surface area contributed by atoms with Crippen molar-refractivity contribution in [1.29, 1.82) is 0 Å². The topological polar surface area (TPSA) is 77.2 Å². The fourth-order valence-electron chi connectivity index (χ4n) is 5.57. The Balaban J connectivity index is 1.53. The predicted octanol–water partition coefficient (Wildman–Crippen LogP) is 2.26. The van der Waals surface area contributed by atoms with Gasteiger partial charge in [0, 0.05) is 28.9 Å². The quantitative estimate of drug-likeness (QED) is 0.893. The van der Waals surface area contributed by atoms with Gasteiger partial charge in [0.25, 0.3) is 5.91 Å². The number of amides is 1. The number of carbonyl (C=O) groups is 1. The number of pyridine rings is 1. The average Bonchev–Trinajstić information content (AvgIpc) is 2.44. The summed E-state index contributed by atoms with van der Waals surface area (Å²) < 4.78 is 5.40. The zero-order valence-corrected chi connectivity index (χ0v) is 13.7. The van der Waals surface area contributed by atoms with Gasteiger partial charge in [-0.3, -0.25) is 4.79 Å². The van der Waals surface area contributed by atoms with E-state index in [9.17, 15) is 4.79 Å². The summed E-state index contributed by atoms with van der Waals surface area (Å²) >= 11 is 0. The highest BCUT2D eigenvalue weighted by Gasteiger charge is 2.56. The summed E-state index contributed by atoms with van der Waals surface area (Å²) in [6, 6.07) is 3.47. The smallest absolute Gasteiger partial charge is 0.251 e. The van der Waals surface area contributed by atoms with Crippen LogP contribution in [0.25, 0.3) is 0 Å². The van der Waals surface area contributed by atoms with E-state index < -0.39 is 0 Å². The van der Waals surface area contributed by atoms with Gasteiger partial charge in [-0.05, 0) is 63.4 Å². The van der Waals surface area contributed by atoms with Gasteiger partial charge in [0.05, 0.1) is 6.61 Å². The molecule has 1 aromatic heterocycles. The molecule has 0 saturated heterocycles. The highest BCUT2D eigenvalue weighted by Crippen LogP contribution is 2.56. The molecular weight excluding hydrogens is 290 g/mol. The van der Waals surface area contributed by atoms with Gasteiger partial charge < -0.3 is 15.8 Å². The first-order chi connectivity index (χ1) is 11.0. The van der Waals surface area contributed by atoms with E-state index in [1.165, 1.54) is 6.42 Å². The zero-order chi connectivity index (χ0) is 16.1. The highest BCUT2D eigenvalue weighted by atomic mass is 16.5. The van der Waals surface area contributed by atoms with Crippen LogP contribution in [-0.2, 0) is 0 Å². The molecule has 0 spiro atoms. The molecule has 124 valence electrons. The maximum absolute atomic E-state index is 12.8. The number of ether oxygens (including phenoxy) is 1. The lowest BCUT2D eigenvalue weighted by Crippen LogP contribution is -2.68. The molecule has 4 bridgehead atoms. The number of carbonyl (C=O) groups excluding carboxylic acids is 1. The largest absolute Gasteiger partial charge is 0.478 e. The fraction of sp³-hybridized carbons (Fsp3) is 0.667. The third kappa shape index (κ3) is 2.71. The number of nitrogens with one attached hydrogen (secondary N) is 1. The molecule has 4 aliphatic carbocycles. The maximum Gasteiger partial charge on any atom is 0.251 e. The van der Waals surface area contributed by atoms with Gasteiger partial charge in [-0.1, -0.05) is 0 Å². The second-order valence-corrected chi connectivity index (χ2v) is 7.87. The van der Waals surface area contributed by atoms with Gasteiger partial charge in [-0.15, -0.1) is 0 Å². The van der Waals surface area contributed by atoms with Gasteiger partial charge in [0.2, 0.25) is 5.88 Å². The van der Waals surface area contributed by atoms with Crippen molar-refractivity contribution in [2.45, 2.75) is 56.5 Å². The van der Waals surface area contributed by atoms with E-state index in [0.717, 1.165) is 32.1 Å². The van der Waals surface area contributed by atoms with Gasteiger partial charge in [-0.2, -0.15) is 0 Å². The molecule has 2 atom stereocenters. The summed E-state index contributed by atoms with van der Waals surface area (Å²) in [5.74, 6) is 1.83. The molecular formula is C18H25N3O2. The third-order valence-electron chi connectivity index (χ3n) is 5.77. The summed E-state index contributed by atoms with van der Waals surface area (Å²) in [7, 11) is 0. The van der Waals surface area contributed by atoms with Crippen molar-refractivity contribution < 1.29 is 9.53 Å². The molecule has 5 nitrogen and oxygen atoms in total. The maximum atomic E-state index is 12.8. The van der Waals surface area contributed by atoms with E-state index in [-0.39, 0.29) is 17.0 Å². The Labute approximate surface area is 137 Å². The molecule has 4 saturated carbocycles. The van der Waals surface area contributed by atoms with Crippen LogP contribution in [0.2, 0.25) is 0 Å². The van der Waals surface area contributed by atoms with Gasteiger partial charge in [0.15, 0.2) is 0 Å². The molecule has 5 heteroatoms. The minimum atomic E-state index is -0.106. The van der Waals surface area contributed by atoms with Gasteiger partial charge in [0.1, 0.15) is 0 Å². The van der Waals surface area contributed by atoms with Crippen LogP contribution in [0.5, 0.6) is 5.88 Å². The molecule has 4 aliphatic rings. The van der Waals surface area contributed by atoms with Gasteiger partial charge in [-0.25, -0.2) is 4.98 Å². The molecule has 23 heavy (non-hydrogen) atoms. The van der Waals surface area contributed by atoms with Crippen LogP contribution in [0.3, 0.4) is 0 Å². The fourth-order valence-corrected chi connectivity index (χ4v) is 5.57. The van der Waals surface area contributed by atoms with E-state index in [2.05, 4.69) is 10.3 Å². The number of nitrogens with zero attached hydrogens (tertiary/aromatic N) is 1. The van der Waals surface area contributed by atoms with Crippen LogP contribution in [0, 0.1) is 11.8 Å². The second kappa shape index (κ2) is 5.20.